The second-order valence-corrected chi connectivity index (χ2v) is 5.11. The zero-order chi connectivity index (χ0) is 10.1. The van der Waals surface area contributed by atoms with E-state index < -0.39 is 0 Å². The fourth-order valence-corrected chi connectivity index (χ4v) is 2.11. The van der Waals surface area contributed by atoms with Gasteiger partial charge in [0.05, 0.1) is 6.10 Å². The molecule has 14 heavy (non-hydrogen) atoms. The van der Waals surface area contributed by atoms with Crippen LogP contribution in [0.1, 0.15) is 31.4 Å². The van der Waals surface area contributed by atoms with Gasteiger partial charge in [0.1, 0.15) is 0 Å². The molecule has 1 saturated carbocycles. The highest BCUT2D eigenvalue weighted by Crippen LogP contribution is 2.42. The molecule has 1 aromatic carbocycles. The fraction of sp³-hybridized carbons (Fsp3) is 0.500. The third kappa shape index (κ3) is 2.18. The Morgan fingerprint density at radius 3 is 2.36 bits per heavy atom. The van der Waals surface area contributed by atoms with Crippen molar-refractivity contribution in [2.45, 2.75) is 25.9 Å². The number of halogens is 1. The molecule has 1 N–H and O–H groups in total. The summed E-state index contributed by atoms with van der Waals surface area (Å²) >= 11 is 3.39. The van der Waals surface area contributed by atoms with E-state index in [2.05, 4.69) is 22.9 Å². The van der Waals surface area contributed by atoms with E-state index in [1.807, 2.05) is 24.3 Å². The van der Waals surface area contributed by atoms with Crippen LogP contribution in [0.25, 0.3) is 0 Å². The standard InChI is InChI=1S/C12H15BrO/c1-8(9-2-3-9)12(14)10-4-6-11(13)7-5-10/h4-9,12,14H,2-3H2,1H3. The molecule has 0 aromatic heterocycles. The van der Waals surface area contributed by atoms with Gasteiger partial charge in [0.15, 0.2) is 0 Å². The van der Waals surface area contributed by atoms with Gasteiger partial charge in [0.25, 0.3) is 0 Å². The highest BCUT2D eigenvalue weighted by Gasteiger charge is 2.32. The topological polar surface area (TPSA) is 20.2 Å². The number of aliphatic hydroxyl groups is 1. The van der Waals surface area contributed by atoms with Crippen molar-refractivity contribution < 1.29 is 5.11 Å². The van der Waals surface area contributed by atoms with Crippen LogP contribution in [0, 0.1) is 11.8 Å². The minimum Gasteiger partial charge on any atom is -0.388 e. The van der Waals surface area contributed by atoms with E-state index in [-0.39, 0.29) is 6.10 Å². The van der Waals surface area contributed by atoms with Crippen LogP contribution in [0.2, 0.25) is 0 Å². The number of benzene rings is 1. The molecule has 2 rings (SSSR count). The molecule has 1 nitrogen and oxygen atoms in total. The molecular formula is C12H15BrO. The van der Waals surface area contributed by atoms with Gasteiger partial charge < -0.3 is 5.11 Å². The van der Waals surface area contributed by atoms with Crippen molar-refractivity contribution in [3.05, 3.63) is 34.3 Å². The molecule has 2 heteroatoms. The van der Waals surface area contributed by atoms with E-state index in [4.69, 9.17) is 0 Å². The summed E-state index contributed by atoms with van der Waals surface area (Å²) in [7, 11) is 0. The van der Waals surface area contributed by atoms with E-state index >= 15 is 0 Å². The predicted octanol–water partition coefficient (Wildman–Crippen LogP) is 3.53. The molecule has 0 heterocycles. The largest absolute Gasteiger partial charge is 0.388 e. The molecular weight excluding hydrogens is 240 g/mol. The maximum atomic E-state index is 10.1. The lowest BCUT2D eigenvalue weighted by Gasteiger charge is -2.18. The van der Waals surface area contributed by atoms with Gasteiger partial charge in [0, 0.05) is 4.47 Å². The van der Waals surface area contributed by atoms with Gasteiger partial charge in [0.2, 0.25) is 0 Å². The van der Waals surface area contributed by atoms with Gasteiger partial charge in [-0.05, 0) is 42.4 Å². The second kappa shape index (κ2) is 4.03. The summed E-state index contributed by atoms with van der Waals surface area (Å²) < 4.78 is 1.06. The number of aliphatic hydroxyl groups excluding tert-OH is 1. The molecule has 76 valence electrons. The number of rotatable bonds is 3. The molecule has 0 saturated heterocycles. The lowest BCUT2D eigenvalue weighted by molar-refractivity contribution is 0.106. The summed E-state index contributed by atoms with van der Waals surface area (Å²) in [5.41, 5.74) is 1.03. The first kappa shape index (κ1) is 10.2. The Balaban J connectivity index is 2.09. The molecule has 0 aliphatic heterocycles. The summed E-state index contributed by atoms with van der Waals surface area (Å²) in [6, 6.07) is 7.96. The smallest absolute Gasteiger partial charge is 0.0818 e. The van der Waals surface area contributed by atoms with E-state index in [9.17, 15) is 5.11 Å². The predicted molar refractivity (Wildman–Crippen MR) is 61.0 cm³/mol. The minimum absolute atomic E-state index is 0.296. The van der Waals surface area contributed by atoms with Gasteiger partial charge >= 0.3 is 0 Å². The SMILES string of the molecule is CC(C1CC1)C(O)c1ccc(Br)cc1. The lowest BCUT2D eigenvalue weighted by atomic mass is 9.93. The van der Waals surface area contributed by atoms with Crippen molar-refractivity contribution in [3.8, 4) is 0 Å². The molecule has 0 spiro atoms. The number of hydrogen-bond donors (Lipinski definition) is 1. The highest BCUT2D eigenvalue weighted by atomic mass is 79.9. The van der Waals surface area contributed by atoms with E-state index in [0.29, 0.717) is 5.92 Å². The first-order chi connectivity index (χ1) is 6.68. The maximum Gasteiger partial charge on any atom is 0.0818 e. The van der Waals surface area contributed by atoms with Gasteiger partial charge in [-0.3, -0.25) is 0 Å². The van der Waals surface area contributed by atoms with Crippen molar-refractivity contribution in [1.82, 2.24) is 0 Å². The third-order valence-corrected chi connectivity index (χ3v) is 3.60. The molecule has 2 unspecified atom stereocenters. The van der Waals surface area contributed by atoms with Gasteiger partial charge in [-0.25, -0.2) is 0 Å². The zero-order valence-electron chi connectivity index (χ0n) is 8.28. The molecule has 1 aromatic rings. The average Bonchev–Trinajstić information content (AvgIpc) is 3.00. The molecule has 1 fully saturated rings. The molecule has 0 radical (unpaired) electrons. The van der Waals surface area contributed by atoms with Crippen molar-refractivity contribution in [2.24, 2.45) is 11.8 Å². The van der Waals surface area contributed by atoms with E-state index in [1.54, 1.807) is 0 Å². The monoisotopic (exact) mass is 254 g/mol. The Kier molecular flexibility index (Phi) is 2.93. The summed E-state index contributed by atoms with van der Waals surface area (Å²) in [4.78, 5) is 0. The normalized spacial score (nSPS) is 20.5. The fourth-order valence-electron chi connectivity index (χ4n) is 1.84. The van der Waals surface area contributed by atoms with Crippen molar-refractivity contribution in [2.75, 3.05) is 0 Å². The number of hydrogen-bond acceptors (Lipinski definition) is 1. The van der Waals surface area contributed by atoms with Gasteiger partial charge in [-0.15, -0.1) is 0 Å². The summed E-state index contributed by atoms with van der Waals surface area (Å²) in [6.45, 7) is 2.14. The Hall–Kier alpha value is -0.340. The Labute approximate surface area is 93.3 Å². The Morgan fingerprint density at radius 2 is 1.86 bits per heavy atom. The van der Waals surface area contributed by atoms with Crippen LogP contribution >= 0.6 is 15.9 Å². The van der Waals surface area contributed by atoms with Crippen molar-refractivity contribution >= 4 is 15.9 Å². The van der Waals surface area contributed by atoms with Crippen LogP contribution in [0.15, 0.2) is 28.7 Å². The Bertz CT molecular complexity index is 303. The van der Waals surface area contributed by atoms with Gasteiger partial charge in [-0.1, -0.05) is 35.0 Å². The first-order valence-electron chi connectivity index (χ1n) is 5.12. The highest BCUT2D eigenvalue weighted by molar-refractivity contribution is 9.10. The van der Waals surface area contributed by atoms with Crippen LogP contribution < -0.4 is 0 Å². The Morgan fingerprint density at radius 1 is 1.29 bits per heavy atom. The molecule has 2 atom stereocenters. The third-order valence-electron chi connectivity index (χ3n) is 3.08. The molecule has 1 aliphatic carbocycles. The van der Waals surface area contributed by atoms with Crippen molar-refractivity contribution in [3.63, 3.8) is 0 Å². The van der Waals surface area contributed by atoms with E-state index in [1.165, 1.54) is 12.8 Å². The maximum absolute atomic E-state index is 10.1. The molecule has 1 aliphatic rings. The summed E-state index contributed by atoms with van der Waals surface area (Å²) in [6.07, 6.45) is 2.28. The summed E-state index contributed by atoms with van der Waals surface area (Å²) in [5.74, 6) is 1.14. The lowest BCUT2D eigenvalue weighted by Crippen LogP contribution is -2.10. The van der Waals surface area contributed by atoms with Crippen LogP contribution in [0.4, 0.5) is 0 Å². The van der Waals surface area contributed by atoms with Crippen LogP contribution in [-0.2, 0) is 0 Å². The average molecular weight is 255 g/mol. The second-order valence-electron chi connectivity index (χ2n) is 4.19. The van der Waals surface area contributed by atoms with E-state index in [0.717, 1.165) is 16.0 Å². The van der Waals surface area contributed by atoms with Crippen molar-refractivity contribution in [1.29, 1.82) is 0 Å². The zero-order valence-corrected chi connectivity index (χ0v) is 9.87. The van der Waals surface area contributed by atoms with Crippen LogP contribution in [0.5, 0.6) is 0 Å². The van der Waals surface area contributed by atoms with Crippen LogP contribution in [0.3, 0.4) is 0 Å². The first-order valence-corrected chi connectivity index (χ1v) is 5.91. The minimum atomic E-state index is -0.296. The summed E-state index contributed by atoms with van der Waals surface area (Å²) in [5, 5.41) is 10.1. The van der Waals surface area contributed by atoms with Gasteiger partial charge in [-0.2, -0.15) is 0 Å². The quantitative estimate of drug-likeness (QED) is 0.876. The molecule has 0 amide bonds. The molecule has 0 bridgehead atoms. The van der Waals surface area contributed by atoms with Crippen LogP contribution in [-0.4, -0.2) is 5.11 Å².